The van der Waals surface area contributed by atoms with Crippen LogP contribution in [0.3, 0.4) is 0 Å². The van der Waals surface area contributed by atoms with Crippen molar-refractivity contribution in [3.8, 4) is 11.3 Å². The summed E-state index contributed by atoms with van der Waals surface area (Å²) >= 11 is 0. The maximum absolute atomic E-state index is 13.3. The Morgan fingerprint density at radius 1 is 1.36 bits per heavy atom. The number of rotatable bonds is 2. The van der Waals surface area contributed by atoms with Gasteiger partial charge >= 0.3 is 0 Å². The van der Waals surface area contributed by atoms with Crippen LogP contribution >= 0.6 is 0 Å². The largest absolute Gasteiger partial charge is 0.356 e. The Labute approximate surface area is 81.3 Å². The Hall–Kier alpha value is -1.64. The lowest BCUT2D eigenvalue weighted by Crippen LogP contribution is -1.80. The van der Waals surface area contributed by atoms with Crippen molar-refractivity contribution in [3.63, 3.8) is 0 Å². The molecule has 14 heavy (non-hydrogen) atoms. The van der Waals surface area contributed by atoms with Gasteiger partial charge in [-0.2, -0.15) is 0 Å². The second kappa shape index (κ2) is 3.62. The van der Waals surface area contributed by atoms with E-state index in [0.717, 1.165) is 12.1 Å². The maximum Gasteiger partial charge on any atom is 0.170 e. The summed E-state index contributed by atoms with van der Waals surface area (Å²) in [5, 5.41) is 3.81. The number of aromatic nitrogens is 1. The van der Waals surface area contributed by atoms with Crippen LogP contribution in [0.2, 0.25) is 0 Å². The lowest BCUT2D eigenvalue weighted by molar-refractivity contribution is 0.422. The van der Waals surface area contributed by atoms with Gasteiger partial charge in [0.25, 0.3) is 0 Å². The molecule has 0 aliphatic rings. The van der Waals surface area contributed by atoms with Crippen molar-refractivity contribution in [2.24, 2.45) is 0 Å². The molecule has 0 radical (unpaired) electrons. The molecule has 72 valence electrons. The molecule has 0 amide bonds. The molecule has 0 saturated heterocycles. The Morgan fingerprint density at radius 2 is 2.14 bits per heavy atom. The molecule has 0 fully saturated rings. The number of halogens is 1. The van der Waals surface area contributed by atoms with Crippen LogP contribution in [0.1, 0.15) is 12.6 Å². The van der Waals surface area contributed by atoms with Crippen LogP contribution in [-0.2, 0) is 6.42 Å². The van der Waals surface area contributed by atoms with E-state index in [2.05, 4.69) is 5.16 Å². The fourth-order valence-corrected chi connectivity index (χ4v) is 1.27. The van der Waals surface area contributed by atoms with Crippen LogP contribution in [0.4, 0.5) is 4.39 Å². The molecule has 1 aromatic heterocycles. The summed E-state index contributed by atoms with van der Waals surface area (Å²) in [5.74, 6) is 0.200. The van der Waals surface area contributed by atoms with Crippen LogP contribution in [0.5, 0.6) is 0 Å². The van der Waals surface area contributed by atoms with Gasteiger partial charge < -0.3 is 4.52 Å². The zero-order valence-electron chi connectivity index (χ0n) is 7.83. The van der Waals surface area contributed by atoms with E-state index in [0.29, 0.717) is 11.3 Å². The average Bonchev–Trinajstić information content (AvgIpc) is 2.67. The number of nitrogens with zero attached hydrogens (tertiary/aromatic N) is 1. The molecule has 0 spiro atoms. The van der Waals surface area contributed by atoms with Crippen molar-refractivity contribution < 1.29 is 8.91 Å². The highest BCUT2D eigenvalue weighted by molar-refractivity contribution is 5.57. The monoisotopic (exact) mass is 191 g/mol. The Morgan fingerprint density at radius 3 is 2.79 bits per heavy atom. The molecular formula is C11H10FNO. The lowest BCUT2D eigenvalue weighted by Gasteiger charge is -1.95. The zero-order valence-corrected chi connectivity index (χ0v) is 7.83. The lowest BCUT2D eigenvalue weighted by atomic mass is 10.1. The second-order valence-corrected chi connectivity index (χ2v) is 3.02. The minimum absolute atomic E-state index is 0.286. The maximum atomic E-state index is 13.3. The number of hydrogen-bond acceptors (Lipinski definition) is 2. The molecule has 0 bridgehead atoms. The van der Waals surface area contributed by atoms with Crippen molar-refractivity contribution in [1.29, 1.82) is 0 Å². The highest BCUT2D eigenvalue weighted by Crippen LogP contribution is 2.23. The predicted octanol–water partition coefficient (Wildman–Crippen LogP) is 3.04. The quantitative estimate of drug-likeness (QED) is 0.729. The number of hydrogen-bond donors (Lipinski definition) is 0. The van der Waals surface area contributed by atoms with Gasteiger partial charge in [0.05, 0.1) is 11.3 Å². The molecule has 0 unspecified atom stereocenters. The Kier molecular flexibility index (Phi) is 2.31. The summed E-state index contributed by atoms with van der Waals surface area (Å²) in [4.78, 5) is 0. The molecule has 1 heterocycles. The van der Waals surface area contributed by atoms with Crippen molar-refractivity contribution in [1.82, 2.24) is 5.16 Å². The van der Waals surface area contributed by atoms with Crippen molar-refractivity contribution in [3.05, 3.63) is 41.8 Å². The molecule has 0 aliphatic carbocycles. The highest BCUT2D eigenvalue weighted by atomic mass is 19.1. The molecule has 2 rings (SSSR count). The summed E-state index contributed by atoms with van der Waals surface area (Å²) in [6, 6.07) is 8.26. The topological polar surface area (TPSA) is 26.0 Å². The fourth-order valence-electron chi connectivity index (χ4n) is 1.27. The summed E-state index contributed by atoms with van der Waals surface area (Å²) in [7, 11) is 0. The van der Waals surface area contributed by atoms with Crippen LogP contribution in [0.15, 0.2) is 34.9 Å². The smallest absolute Gasteiger partial charge is 0.170 e. The molecule has 0 N–H and O–H groups in total. The SMILES string of the molecule is CCc1cc(-c2ccccc2F)on1. The van der Waals surface area contributed by atoms with Crippen LogP contribution < -0.4 is 0 Å². The summed E-state index contributed by atoms with van der Waals surface area (Å²) in [5.41, 5.74) is 1.29. The minimum Gasteiger partial charge on any atom is -0.356 e. The van der Waals surface area contributed by atoms with Gasteiger partial charge in [-0.15, -0.1) is 0 Å². The van der Waals surface area contributed by atoms with E-state index >= 15 is 0 Å². The average molecular weight is 191 g/mol. The first-order valence-electron chi connectivity index (χ1n) is 4.51. The molecular weight excluding hydrogens is 181 g/mol. The molecule has 0 atom stereocenters. The van der Waals surface area contributed by atoms with Gasteiger partial charge in [-0.25, -0.2) is 4.39 Å². The van der Waals surface area contributed by atoms with Gasteiger partial charge in [-0.1, -0.05) is 24.2 Å². The summed E-state index contributed by atoms with van der Waals surface area (Å²) in [6.45, 7) is 1.98. The molecule has 1 aromatic carbocycles. The van der Waals surface area contributed by atoms with E-state index in [1.54, 1.807) is 24.3 Å². The van der Waals surface area contributed by atoms with Crippen molar-refractivity contribution in [2.75, 3.05) is 0 Å². The van der Waals surface area contributed by atoms with Gasteiger partial charge in [0.1, 0.15) is 5.82 Å². The molecule has 2 nitrogen and oxygen atoms in total. The normalized spacial score (nSPS) is 10.4. The van der Waals surface area contributed by atoms with Crippen LogP contribution in [0, 0.1) is 5.82 Å². The second-order valence-electron chi connectivity index (χ2n) is 3.02. The number of aryl methyl sites for hydroxylation is 1. The van der Waals surface area contributed by atoms with E-state index in [4.69, 9.17) is 4.52 Å². The first kappa shape index (κ1) is 8.94. The van der Waals surface area contributed by atoms with E-state index in [1.807, 2.05) is 6.92 Å². The van der Waals surface area contributed by atoms with E-state index in [1.165, 1.54) is 6.07 Å². The van der Waals surface area contributed by atoms with E-state index in [-0.39, 0.29) is 5.82 Å². The van der Waals surface area contributed by atoms with Gasteiger partial charge in [0, 0.05) is 6.07 Å². The number of benzene rings is 1. The van der Waals surface area contributed by atoms with E-state index in [9.17, 15) is 4.39 Å². The third kappa shape index (κ3) is 1.53. The fraction of sp³-hybridized carbons (Fsp3) is 0.182. The Balaban J connectivity index is 2.44. The van der Waals surface area contributed by atoms with Crippen molar-refractivity contribution in [2.45, 2.75) is 13.3 Å². The highest BCUT2D eigenvalue weighted by Gasteiger charge is 2.09. The summed E-state index contributed by atoms with van der Waals surface area (Å²) < 4.78 is 18.3. The van der Waals surface area contributed by atoms with Gasteiger partial charge in [-0.05, 0) is 18.6 Å². The Bertz CT molecular complexity index is 436. The zero-order chi connectivity index (χ0) is 9.97. The van der Waals surface area contributed by atoms with Crippen molar-refractivity contribution >= 4 is 0 Å². The standard InChI is InChI=1S/C11H10FNO/c1-2-8-7-11(14-13-8)9-5-3-4-6-10(9)12/h3-7H,2H2,1H3. The predicted molar refractivity (Wildman–Crippen MR) is 51.3 cm³/mol. The summed E-state index contributed by atoms with van der Waals surface area (Å²) in [6.07, 6.45) is 0.790. The van der Waals surface area contributed by atoms with Crippen LogP contribution in [0.25, 0.3) is 11.3 Å². The van der Waals surface area contributed by atoms with Gasteiger partial charge in [-0.3, -0.25) is 0 Å². The molecule has 2 aromatic rings. The minimum atomic E-state index is -0.286. The van der Waals surface area contributed by atoms with Gasteiger partial charge in [0.15, 0.2) is 5.76 Å². The first-order chi connectivity index (χ1) is 6.81. The molecule has 3 heteroatoms. The third-order valence-corrected chi connectivity index (χ3v) is 2.06. The van der Waals surface area contributed by atoms with Gasteiger partial charge in [0.2, 0.25) is 0 Å². The van der Waals surface area contributed by atoms with Crippen LogP contribution in [-0.4, -0.2) is 5.16 Å². The first-order valence-corrected chi connectivity index (χ1v) is 4.51. The van der Waals surface area contributed by atoms with E-state index < -0.39 is 0 Å². The molecule has 0 aliphatic heterocycles. The third-order valence-electron chi connectivity index (χ3n) is 2.06. The molecule has 0 saturated carbocycles.